The standard InChI is InChI=1S/C16H19N3S/c1-16(2)11-20-15(19-16)18-10-8-13-6-3-5-12-7-4-9-17-14(12)13/h3-7,9H,8,10-11H2,1-2H3,(H,18,19). The van der Waals surface area contributed by atoms with E-state index in [0.717, 1.165) is 29.4 Å². The van der Waals surface area contributed by atoms with Crippen molar-refractivity contribution in [2.45, 2.75) is 25.8 Å². The number of thioether (sulfide) groups is 1. The summed E-state index contributed by atoms with van der Waals surface area (Å²) in [7, 11) is 0. The molecule has 1 saturated heterocycles. The molecule has 1 aromatic heterocycles. The zero-order chi connectivity index (χ0) is 14.0. The third kappa shape index (κ3) is 2.96. The van der Waals surface area contributed by atoms with E-state index in [2.05, 4.69) is 53.4 Å². The van der Waals surface area contributed by atoms with Crippen LogP contribution in [0.1, 0.15) is 19.4 Å². The minimum atomic E-state index is 0.171. The monoisotopic (exact) mass is 285 g/mol. The predicted molar refractivity (Wildman–Crippen MR) is 87.4 cm³/mol. The van der Waals surface area contributed by atoms with Crippen molar-refractivity contribution in [3.8, 4) is 0 Å². The summed E-state index contributed by atoms with van der Waals surface area (Å²) in [5.41, 5.74) is 2.54. The summed E-state index contributed by atoms with van der Waals surface area (Å²) in [6.45, 7) is 5.22. The van der Waals surface area contributed by atoms with Crippen LogP contribution in [-0.4, -0.2) is 28.0 Å². The first-order valence-electron chi connectivity index (χ1n) is 6.92. The molecule has 0 atom stereocenters. The van der Waals surface area contributed by atoms with E-state index in [-0.39, 0.29) is 5.54 Å². The molecule has 20 heavy (non-hydrogen) atoms. The Labute approximate surface area is 123 Å². The van der Waals surface area contributed by atoms with Gasteiger partial charge in [0.25, 0.3) is 0 Å². The van der Waals surface area contributed by atoms with Crippen LogP contribution >= 0.6 is 11.8 Å². The third-order valence-electron chi connectivity index (χ3n) is 3.37. The molecule has 1 aliphatic rings. The first kappa shape index (κ1) is 13.4. The number of para-hydroxylation sites is 1. The molecule has 0 amide bonds. The summed E-state index contributed by atoms with van der Waals surface area (Å²) in [5.74, 6) is 1.08. The van der Waals surface area contributed by atoms with Gasteiger partial charge in [-0.05, 0) is 31.9 Å². The van der Waals surface area contributed by atoms with Crippen molar-refractivity contribution >= 4 is 27.8 Å². The Balaban J connectivity index is 1.70. The molecular formula is C16H19N3S. The Morgan fingerprint density at radius 2 is 2.15 bits per heavy atom. The zero-order valence-electron chi connectivity index (χ0n) is 11.9. The van der Waals surface area contributed by atoms with Crippen molar-refractivity contribution < 1.29 is 0 Å². The molecule has 0 radical (unpaired) electrons. The van der Waals surface area contributed by atoms with Gasteiger partial charge in [0.05, 0.1) is 5.52 Å². The molecule has 3 rings (SSSR count). The summed E-state index contributed by atoms with van der Waals surface area (Å²) in [5, 5.41) is 5.72. The smallest absolute Gasteiger partial charge is 0.157 e. The van der Waals surface area contributed by atoms with Crippen molar-refractivity contribution in [3.05, 3.63) is 42.1 Å². The summed E-state index contributed by atoms with van der Waals surface area (Å²) in [4.78, 5) is 9.15. The summed E-state index contributed by atoms with van der Waals surface area (Å²) in [6.07, 6.45) is 2.79. The summed E-state index contributed by atoms with van der Waals surface area (Å²) < 4.78 is 0. The molecule has 3 nitrogen and oxygen atoms in total. The minimum absolute atomic E-state index is 0.171. The quantitative estimate of drug-likeness (QED) is 0.940. The van der Waals surface area contributed by atoms with Gasteiger partial charge in [0.1, 0.15) is 0 Å². The van der Waals surface area contributed by atoms with Gasteiger partial charge in [0.15, 0.2) is 5.17 Å². The van der Waals surface area contributed by atoms with Gasteiger partial charge >= 0.3 is 0 Å². The van der Waals surface area contributed by atoms with E-state index >= 15 is 0 Å². The van der Waals surface area contributed by atoms with Gasteiger partial charge in [0.2, 0.25) is 0 Å². The molecule has 2 aromatic rings. The SMILES string of the molecule is CC1(C)CSC(=NCCc2cccc3cccnc23)N1. The fourth-order valence-electron chi connectivity index (χ4n) is 2.34. The van der Waals surface area contributed by atoms with Gasteiger partial charge in [-0.1, -0.05) is 36.0 Å². The van der Waals surface area contributed by atoms with Crippen LogP contribution in [0.5, 0.6) is 0 Å². The molecule has 0 aliphatic carbocycles. The molecule has 1 aliphatic heterocycles. The Kier molecular flexibility index (Phi) is 3.66. The van der Waals surface area contributed by atoms with Crippen LogP contribution in [0, 0.1) is 0 Å². The number of fused-ring (bicyclic) bond motifs is 1. The van der Waals surface area contributed by atoms with E-state index in [1.54, 1.807) is 0 Å². The molecule has 1 aromatic carbocycles. The van der Waals surface area contributed by atoms with Gasteiger partial charge in [-0.3, -0.25) is 9.98 Å². The molecule has 1 N–H and O–H groups in total. The number of rotatable bonds is 3. The lowest BCUT2D eigenvalue weighted by Crippen LogP contribution is -2.36. The van der Waals surface area contributed by atoms with E-state index in [4.69, 9.17) is 0 Å². The topological polar surface area (TPSA) is 37.3 Å². The highest BCUT2D eigenvalue weighted by atomic mass is 32.2. The number of amidine groups is 1. The number of benzene rings is 1. The molecule has 1 fully saturated rings. The van der Waals surface area contributed by atoms with Crippen molar-refractivity contribution in [2.75, 3.05) is 12.3 Å². The molecule has 0 spiro atoms. The van der Waals surface area contributed by atoms with Gasteiger partial charge in [-0.25, -0.2) is 0 Å². The van der Waals surface area contributed by atoms with Crippen LogP contribution in [-0.2, 0) is 6.42 Å². The number of nitrogens with zero attached hydrogens (tertiary/aromatic N) is 2. The third-order valence-corrected chi connectivity index (χ3v) is 4.74. The fraction of sp³-hybridized carbons (Fsp3) is 0.375. The second-order valence-electron chi connectivity index (χ2n) is 5.73. The Morgan fingerprint density at radius 3 is 2.95 bits per heavy atom. The maximum absolute atomic E-state index is 4.66. The first-order valence-corrected chi connectivity index (χ1v) is 7.91. The number of nitrogens with one attached hydrogen (secondary N) is 1. The number of hydrogen-bond donors (Lipinski definition) is 1. The normalized spacial score (nSPS) is 19.4. The van der Waals surface area contributed by atoms with Crippen LogP contribution in [0.3, 0.4) is 0 Å². The molecule has 0 bridgehead atoms. The van der Waals surface area contributed by atoms with Crippen LogP contribution in [0.4, 0.5) is 0 Å². The number of aromatic nitrogens is 1. The van der Waals surface area contributed by atoms with Crippen LogP contribution < -0.4 is 5.32 Å². The van der Waals surface area contributed by atoms with Crippen LogP contribution in [0.15, 0.2) is 41.5 Å². The minimum Gasteiger partial charge on any atom is -0.359 e. The Morgan fingerprint density at radius 1 is 1.30 bits per heavy atom. The van der Waals surface area contributed by atoms with Crippen LogP contribution in [0.2, 0.25) is 0 Å². The van der Waals surface area contributed by atoms with Crippen molar-refractivity contribution in [3.63, 3.8) is 0 Å². The summed E-state index contributed by atoms with van der Waals surface area (Å²) in [6, 6.07) is 10.4. The largest absolute Gasteiger partial charge is 0.359 e. The van der Waals surface area contributed by atoms with E-state index in [0.29, 0.717) is 0 Å². The molecule has 104 valence electrons. The lowest BCUT2D eigenvalue weighted by molar-refractivity contribution is 0.536. The van der Waals surface area contributed by atoms with Crippen LogP contribution in [0.25, 0.3) is 10.9 Å². The highest BCUT2D eigenvalue weighted by molar-refractivity contribution is 8.14. The maximum Gasteiger partial charge on any atom is 0.157 e. The number of aliphatic imine (C=N–C) groups is 1. The fourth-order valence-corrected chi connectivity index (χ4v) is 3.44. The van der Waals surface area contributed by atoms with E-state index < -0.39 is 0 Å². The number of pyridine rings is 1. The van der Waals surface area contributed by atoms with Gasteiger partial charge in [-0.15, -0.1) is 0 Å². The van der Waals surface area contributed by atoms with E-state index in [9.17, 15) is 0 Å². The lowest BCUT2D eigenvalue weighted by Gasteiger charge is -2.15. The average Bonchev–Trinajstić information content (AvgIpc) is 2.79. The lowest BCUT2D eigenvalue weighted by atomic mass is 10.1. The second kappa shape index (κ2) is 5.44. The second-order valence-corrected chi connectivity index (χ2v) is 6.69. The zero-order valence-corrected chi connectivity index (χ0v) is 12.7. The number of hydrogen-bond acceptors (Lipinski definition) is 3. The average molecular weight is 285 g/mol. The van der Waals surface area contributed by atoms with E-state index in [1.165, 1.54) is 10.9 Å². The van der Waals surface area contributed by atoms with Crippen molar-refractivity contribution in [1.29, 1.82) is 0 Å². The summed E-state index contributed by atoms with van der Waals surface area (Å²) >= 11 is 1.81. The maximum atomic E-state index is 4.66. The highest BCUT2D eigenvalue weighted by Gasteiger charge is 2.26. The molecular weight excluding hydrogens is 266 g/mol. The van der Waals surface area contributed by atoms with E-state index in [1.807, 2.05) is 24.0 Å². The Bertz CT molecular complexity index is 644. The molecule has 4 heteroatoms. The first-order chi connectivity index (χ1) is 9.64. The Hall–Kier alpha value is -1.55. The predicted octanol–water partition coefficient (Wildman–Crippen LogP) is 3.25. The van der Waals surface area contributed by atoms with Gasteiger partial charge in [-0.2, -0.15) is 0 Å². The molecule has 0 saturated carbocycles. The molecule has 0 unspecified atom stereocenters. The van der Waals surface area contributed by atoms with Crippen molar-refractivity contribution in [2.24, 2.45) is 4.99 Å². The van der Waals surface area contributed by atoms with Gasteiger partial charge in [0, 0.05) is 29.4 Å². The van der Waals surface area contributed by atoms with Crippen molar-refractivity contribution in [1.82, 2.24) is 10.3 Å². The molecule has 2 heterocycles. The highest BCUT2D eigenvalue weighted by Crippen LogP contribution is 2.22. The van der Waals surface area contributed by atoms with Gasteiger partial charge < -0.3 is 5.32 Å².